The zero-order chi connectivity index (χ0) is 16.4. The summed E-state index contributed by atoms with van der Waals surface area (Å²) in [5, 5.41) is 47.7. The van der Waals surface area contributed by atoms with Crippen molar-refractivity contribution in [2.24, 2.45) is 5.92 Å². The Morgan fingerprint density at radius 3 is 2.27 bits per heavy atom. The molecule has 1 aliphatic rings. The van der Waals surface area contributed by atoms with Crippen molar-refractivity contribution in [3.05, 3.63) is 29.8 Å². The van der Waals surface area contributed by atoms with Gasteiger partial charge in [0.25, 0.3) is 0 Å². The van der Waals surface area contributed by atoms with Crippen molar-refractivity contribution in [3.63, 3.8) is 0 Å². The van der Waals surface area contributed by atoms with Crippen LogP contribution in [0.25, 0.3) is 0 Å². The predicted molar refractivity (Wildman–Crippen MR) is 71.1 cm³/mol. The van der Waals surface area contributed by atoms with Crippen molar-refractivity contribution in [3.8, 4) is 5.75 Å². The molecule has 1 aliphatic carbocycles. The summed E-state index contributed by atoms with van der Waals surface area (Å²) in [6, 6.07) is 5.56. The number of carbonyl (C=O) groups is 2. The van der Waals surface area contributed by atoms with Gasteiger partial charge < -0.3 is 30.3 Å². The molecule has 0 radical (unpaired) electrons. The van der Waals surface area contributed by atoms with Crippen molar-refractivity contribution in [1.29, 1.82) is 0 Å². The van der Waals surface area contributed by atoms with Crippen LogP contribution in [0.3, 0.4) is 0 Å². The summed E-state index contributed by atoms with van der Waals surface area (Å²) in [6.45, 7) is 0. The van der Waals surface area contributed by atoms with Gasteiger partial charge in [0.2, 0.25) is 0 Å². The van der Waals surface area contributed by atoms with Gasteiger partial charge in [-0.1, -0.05) is 12.1 Å². The number of carboxylic acids is 1. The standard InChI is InChI=1S/C14H16O8/c15-8-4-2-1-3-6(8)14(21)22-9-5-7(13(19)20)10(16)12(18)11(9)17/h1-4,7,9-12,15-18H,5H2,(H,19,20)/t7?,9-,10?,11?,12-/m1/s1. The van der Waals surface area contributed by atoms with Crippen LogP contribution in [0.5, 0.6) is 5.75 Å². The quantitative estimate of drug-likeness (QED) is 0.452. The Morgan fingerprint density at radius 2 is 1.68 bits per heavy atom. The van der Waals surface area contributed by atoms with Gasteiger partial charge in [0.05, 0.1) is 12.0 Å². The van der Waals surface area contributed by atoms with E-state index in [2.05, 4.69) is 0 Å². The van der Waals surface area contributed by atoms with Gasteiger partial charge in [-0.25, -0.2) is 4.79 Å². The zero-order valence-electron chi connectivity index (χ0n) is 11.4. The van der Waals surface area contributed by atoms with E-state index in [0.717, 1.165) is 0 Å². The molecular weight excluding hydrogens is 296 g/mol. The molecule has 0 bridgehead atoms. The molecule has 22 heavy (non-hydrogen) atoms. The molecule has 1 aromatic carbocycles. The first-order valence-corrected chi connectivity index (χ1v) is 6.59. The lowest BCUT2D eigenvalue weighted by atomic mass is 9.81. The van der Waals surface area contributed by atoms with Crippen LogP contribution >= 0.6 is 0 Å². The third kappa shape index (κ3) is 3.03. The highest BCUT2D eigenvalue weighted by atomic mass is 16.6. The Morgan fingerprint density at radius 1 is 1.05 bits per heavy atom. The first-order valence-electron chi connectivity index (χ1n) is 6.59. The lowest BCUT2D eigenvalue weighted by molar-refractivity contribution is -0.178. The summed E-state index contributed by atoms with van der Waals surface area (Å²) < 4.78 is 4.99. The molecular formula is C14H16O8. The Hall–Kier alpha value is -2.16. The number of aliphatic hydroxyl groups is 3. The van der Waals surface area contributed by atoms with Gasteiger partial charge in [0, 0.05) is 6.42 Å². The largest absolute Gasteiger partial charge is 0.507 e. The van der Waals surface area contributed by atoms with Crippen LogP contribution in [-0.4, -0.2) is 61.9 Å². The minimum absolute atomic E-state index is 0.151. The highest BCUT2D eigenvalue weighted by Crippen LogP contribution is 2.29. The summed E-state index contributed by atoms with van der Waals surface area (Å²) in [4.78, 5) is 23.0. The number of hydrogen-bond donors (Lipinski definition) is 5. The lowest BCUT2D eigenvalue weighted by Gasteiger charge is -2.38. The molecule has 5 N–H and O–H groups in total. The first kappa shape index (κ1) is 16.2. The maximum absolute atomic E-state index is 12.0. The number of carbonyl (C=O) groups excluding carboxylic acids is 1. The van der Waals surface area contributed by atoms with Crippen LogP contribution in [-0.2, 0) is 9.53 Å². The summed E-state index contributed by atoms with van der Waals surface area (Å²) in [7, 11) is 0. The number of para-hydroxylation sites is 1. The molecule has 1 fully saturated rings. The van der Waals surface area contributed by atoms with Crippen LogP contribution < -0.4 is 0 Å². The number of carboxylic acid groups (broad SMARTS) is 1. The number of benzene rings is 1. The smallest absolute Gasteiger partial charge is 0.342 e. The van der Waals surface area contributed by atoms with Gasteiger partial charge in [-0.05, 0) is 12.1 Å². The van der Waals surface area contributed by atoms with Crippen molar-refractivity contribution in [2.45, 2.75) is 30.8 Å². The predicted octanol–water partition coefficient (Wildman–Crippen LogP) is -0.895. The zero-order valence-corrected chi connectivity index (χ0v) is 11.4. The molecule has 1 saturated carbocycles. The van der Waals surface area contributed by atoms with Gasteiger partial charge in [0.15, 0.2) is 0 Å². The highest BCUT2D eigenvalue weighted by Gasteiger charge is 2.47. The number of ether oxygens (including phenoxy) is 1. The monoisotopic (exact) mass is 312 g/mol. The van der Waals surface area contributed by atoms with Crippen molar-refractivity contribution in [1.82, 2.24) is 0 Å². The maximum atomic E-state index is 12.0. The molecule has 0 aromatic heterocycles. The minimum Gasteiger partial charge on any atom is -0.507 e. The lowest BCUT2D eigenvalue weighted by Crippen LogP contribution is -2.56. The number of phenols is 1. The molecule has 1 aromatic rings. The summed E-state index contributed by atoms with van der Waals surface area (Å²) >= 11 is 0. The van der Waals surface area contributed by atoms with E-state index in [-0.39, 0.29) is 17.7 Å². The Balaban J connectivity index is 2.16. The number of hydrogen-bond acceptors (Lipinski definition) is 7. The van der Waals surface area contributed by atoms with Gasteiger partial charge in [-0.2, -0.15) is 0 Å². The van der Waals surface area contributed by atoms with Gasteiger partial charge in [-0.3, -0.25) is 4.79 Å². The Bertz CT molecular complexity index is 572. The average Bonchev–Trinajstić information content (AvgIpc) is 2.47. The molecule has 0 saturated heterocycles. The topological polar surface area (TPSA) is 145 Å². The normalized spacial score (nSPS) is 31.5. The van der Waals surface area contributed by atoms with E-state index < -0.39 is 42.3 Å². The van der Waals surface area contributed by atoms with Crippen LogP contribution in [0.4, 0.5) is 0 Å². The van der Waals surface area contributed by atoms with E-state index in [4.69, 9.17) is 9.84 Å². The van der Waals surface area contributed by atoms with E-state index in [9.17, 15) is 30.0 Å². The molecule has 3 unspecified atom stereocenters. The van der Waals surface area contributed by atoms with E-state index >= 15 is 0 Å². The van der Waals surface area contributed by atoms with Crippen molar-refractivity contribution < 1.29 is 39.9 Å². The number of phenolic OH excluding ortho intramolecular Hbond substituents is 1. The van der Waals surface area contributed by atoms with E-state index in [0.29, 0.717) is 0 Å². The van der Waals surface area contributed by atoms with Crippen molar-refractivity contribution >= 4 is 11.9 Å². The second-order valence-corrected chi connectivity index (χ2v) is 5.11. The van der Waals surface area contributed by atoms with Gasteiger partial charge in [-0.15, -0.1) is 0 Å². The van der Waals surface area contributed by atoms with Crippen LogP contribution in [0.2, 0.25) is 0 Å². The number of aromatic hydroxyl groups is 1. The minimum atomic E-state index is -1.75. The first-order chi connectivity index (χ1) is 10.3. The second-order valence-electron chi connectivity index (χ2n) is 5.11. The highest BCUT2D eigenvalue weighted by molar-refractivity contribution is 5.92. The summed E-state index contributed by atoms with van der Waals surface area (Å²) in [5.74, 6) is -4.04. The fourth-order valence-corrected chi connectivity index (χ4v) is 2.40. The molecule has 120 valence electrons. The molecule has 0 aliphatic heterocycles. The third-order valence-electron chi connectivity index (χ3n) is 3.68. The fourth-order valence-electron chi connectivity index (χ4n) is 2.40. The molecule has 0 heterocycles. The molecule has 0 amide bonds. The second kappa shape index (κ2) is 6.30. The molecule has 2 rings (SSSR count). The maximum Gasteiger partial charge on any atom is 0.342 e. The average molecular weight is 312 g/mol. The molecule has 8 nitrogen and oxygen atoms in total. The van der Waals surface area contributed by atoms with Crippen LogP contribution in [0, 0.1) is 5.92 Å². The summed E-state index contributed by atoms with van der Waals surface area (Å²) in [5.41, 5.74) is -0.151. The number of aliphatic carboxylic acids is 1. The molecule has 8 heteroatoms. The fraction of sp³-hybridized carbons (Fsp3) is 0.429. The van der Waals surface area contributed by atoms with E-state index in [1.165, 1.54) is 24.3 Å². The molecule has 5 atom stereocenters. The van der Waals surface area contributed by atoms with Crippen LogP contribution in [0.15, 0.2) is 24.3 Å². The van der Waals surface area contributed by atoms with Gasteiger partial charge in [0.1, 0.15) is 29.6 Å². The Kier molecular flexibility index (Phi) is 4.65. The Labute approximate surface area is 125 Å². The van der Waals surface area contributed by atoms with Crippen LogP contribution in [0.1, 0.15) is 16.8 Å². The SMILES string of the molecule is O=C(O[C@@H]1CC(C(=O)O)C(O)[C@@H](O)C1O)c1ccccc1O. The molecule has 0 spiro atoms. The van der Waals surface area contributed by atoms with E-state index in [1.54, 1.807) is 0 Å². The summed E-state index contributed by atoms with van der Waals surface area (Å²) in [6.07, 6.45) is -6.70. The number of rotatable bonds is 3. The van der Waals surface area contributed by atoms with E-state index in [1.807, 2.05) is 0 Å². The number of esters is 1. The van der Waals surface area contributed by atoms with Crippen molar-refractivity contribution in [2.75, 3.05) is 0 Å². The number of aliphatic hydroxyl groups excluding tert-OH is 3. The third-order valence-corrected chi connectivity index (χ3v) is 3.68. The van der Waals surface area contributed by atoms with Gasteiger partial charge >= 0.3 is 11.9 Å².